The average Bonchev–Trinajstić information content (AvgIpc) is 2.86. The van der Waals surface area contributed by atoms with Gasteiger partial charge in [-0.05, 0) is 24.4 Å². The predicted molar refractivity (Wildman–Crippen MR) is 77.6 cm³/mol. The Kier molecular flexibility index (Phi) is 4.15. The predicted octanol–water partition coefficient (Wildman–Crippen LogP) is 1.73. The zero-order chi connectivity index (χ0) is 13.7. The molecule has 0 fully saturated rings. The Morgan fingerprint density at radius 2 is 2.16 bits per heavy atom. The summed E-state index contributed by atoms with van der Waals surface area (Å²) in [6.45, 7) is 4.07. The van der Waals surface area contributed by atoms with Crippen molar-refractivity contribution in [1.29, 1.82) is 0 Å². The zero-order valence-electron chi connectivity index (χ0n) is 10.1. The van der Waals surface area contributed by atoms with Crippen LogP contribution in [0.25, 0.3) is 11.0 Å². The van der Waals surface area contributed by atoms with Crippen LogP contribution in [0, 0.1) is 0 Å². The zero-order valence-corrected chi connectivity index (χ0v) is 10.9. The first-order chi connectivity index (χ1) is 9.20. The van der Waals surface area contributed by atoms with Crippen molar-refractivity contribution in [1.82, 2.24) is 16.2 Å². The van der Waals surface area contributed by atoms with Crippen molar-refractivity contribution in [3.63, 3.8) is 0 Å². The highest BCUT2D eigenvalue weighted by Gasteiger charge is 2.11. The third kappa shape index (κ3) is 3.32. The second-order valence-electron chi connectivity index (χ2n) is 3.73. The summed E-state index contributed by atoms with van der Waals surface area (Å²) in [6.07, 6.45) is 1.66. The minimum absolute atomic E-state index is 0.222. The molecule has 0 unspecified atom stereocenters. The normalized spacial score (nSPS) is 9.89. The standard InChI is InChI=1S/C13H13N3O2S/c1-2-7-14-13(19)16-15-12(17)11-8-9-5-3-4-6-10(9)18-11/h2-6,8H,1,7H2,(H,15,17)(H2,14,16,19). The molecular weight excluding hydrogens is 262 g/mol. The third-order valence-electron chi connectivity index (χ3n) is 2.35. The number of thiocarbonyl (C=S) groups is 1. The molecule has 0 saturated heterocycles. The van der Waals surface area contributed by atoms with Crippen molar-refractivity contribution in [3.05, 3.63) is 48.7 Å². The fraction of sp³-hybridized carbons (Fsp3) is 0.0769. The maximum Gasteiger partial charge on any atom is 0.305 e. The SMILES string of the molecule is C=CCNC(=S)NNC(=O)c1cc2ccccc2o1. The van der Waals surface area contributed by atoms with Gasteiger partial charge in [0.1, 0.15) is 5.58 Å². The van der Waals surface area contributed by atoms with Crippen LogP contribution in [-0.2, 0) is 0 Å². The number of hydrazine groups is 1. The van der Waals surface area contributed by atoms with Crippen molar-refractivity contribution >= 4 is 34.2 Å². The molecule has 0 saturated carbocycles. The van der Waals surface area contributed by atoms with Gasteiger partial charge >= 0.3 is 5.91 Å². The highest BCUT2D eigenvalue weighted by Crippen LogP contribution is 2.18. The molecule has 0 atom stereocenters. The Morgan fingerprint density at radius 3 is 2.89 bits per heavy atom. The lowest BCUT2D eigenvalue weighted by Gasteiger charge is -2.08. The first kappa shape index (κ1) is 13.1. The van der Waals surface area contributed by atoms with Crippen LogP contribution in [0.2, 0.25) is 0 Å². The van der Waals surface area contributed by atoms with E-state index in [1.54, 1.807) is 18.2 Å². The number of para-hydroxylation sites is 1. The molecule has 5 nitrogen and oxygen atoms in total. The molecule has 98 valence electrons. The van der Waals surface area contributed by atoms with E-state index in [1.165, 1.54) is 0 Å². The Bertz CT molecular complexity index is 588. The summed E-state index contributed by atoms with van der Waals surface area (Å²) in [5.74, 6) is -0.167. The number of amides is 1. The highest BCUT2D eigenvalue weighted by atomic mass is 32.1. The van der Waals surface area contributed by atoms with Crippen LogP contribution < -0.4 is 16.2 Å². The molecule has 0 bridgehead atoms. The molecule has 0 radical (unpaired) electrons. The molecule has 3 N–H and O–H groups in total. The van der Waals surface area contributed by atoms with Crippen molar-refractivity contribution in [2.45, 2.75) is 0 Å². The van der Waals surface area contributed by atoms with Crippen LogP contribution in [0.5, 0.6) is 0 Å². The van der Waals surface area contributed by atoms with E-state index >= 15 is 0 Å². The Morgan fingerprint density at radius 1 is 1.37 bits per heavy atom. The smallest absolute Gasteiger partial charge is 0.305 e. The quantitative estimate of drug-likeness (QED) is 0.452. The molecule has 6 heteroatoms. The summed E-state index contributed by atoms with van der Waals surface area (Å²) in [5, 5.41) is 4.01. The van der Waals surface area contributed by atoms with E-state index in [0.717, 1.165) is 5.39 Å². The topological polar surface area (TPSA) is 66.3 Å². The summed E-state index contributed by atoms with van der Waals surface area (Å²) in [6, 6.07) is 9.08. The monoisotopic (exact) mass is 275 g/mol. The molecule has 2 rings (SSSR count). The average molecular weight is 275 g/mol. The number of hydrogen-bond acceptors (Lipinski definition) is 3. The number of hydrogen-bond donors (Lipinski definition) is 3. The molecule has 1 aromatic heterocycles. The highest BCUT2D eigenvalue weighted by molar-refractivity contribution is 7.80. The third-order valence-corrected chi connectivity index (χ3v) is 2.59. The van der Waals surface area contributed by atoms with Gasteiger partial charge in [-0.25, -0.2) is 0 Å². The molecule has 1 aromatic carbocycles. The number of fused-ring (bicyclic) bond motifs is 1. The first-order valence-electron chi connectivity index (χ1n) is 5.64. The Labute approximate surface area is 115 Å². The van der Waals surface area contributed by atoms with Gasteiger partial charge in [0.25, 0.3) is 0 Å². The maximum atomic E-state index is 11.8. The molecule has 1 heterocycles. The number of nitrogens with one attached hydrogen (secondary N) is 3. The Hall–Kier alpha value is -2.34. The lowest BCUT2D eigenvalue weighted by molar-refractivity contribution is 0.0918. The number of benzene rings is 1. The minimum atomic E-state index is -0.390. The van der Waals surface area contributed by atoms with Crippen molar-refractivity contribution in [2.75, 3.05) is 6.54 Å². The first-order valence-corrected chi connectivity index (χ1v) is 6.05. The van der Waals surface area contributed by atoms with E-state index in [4.69, 9.17) is 16.6 Å². The summed E-state index contributed by atoms with van der Waals surface area (Å²) in [7, 11) is 0. The fourth-order valence-electron chi connectivity index (χ4n) is 1.48. The largest absolute Gasteiger partial charge is 0.451 e. The summed E-state index contributed by atoms with van der Waals surface area (Å²) in [4.78, 5) is 11.8. The van der Waals surface area contributed by atoms with Gasteiger partial charge in [0.2, 0.25) is 0 Å². The lowest BCUT2D eigenvalue weighted by Crippen LogP contribution is -2.46. The van der Waals surface area contributed by atoms with Crippen molar-refractivity contribution in [2.24, 2.45) is 0 Å². The molecule has 0 spiro atoms. The van der Waals surface area contributed by atoms with Crippen LogP contribution in [0.3, 0.4) is 0 Å². The fourth-order valence-corrected chi connectivity index (χ4v) is 1.61. The van der Waals surface area contributed by atoms with Crippen molar-refractivity contribution in [3.8, 4) is 0 Å². The van der Waals surface area contributed by atoms with E-state index in [0.29, 0.717) is 17.2 Å². The summed E-state index contributed by atoms with van der Waals surface area (Å²) < 4.78 is 5.41. The van der Waals surface area contributed by atoms with Crippen LogP contribution in [0.1, 0.15) is 10.6 Å². The van der Waals surface area contributed by atoms with Gasteiger partial charge in [0, 0.05) is 11.9 Å². The van der Waals surface area contributed by atoms with E-state index in [1.807, 2.05) is 18.2 Å². The molecule has 2 aromatic rings. The van der Waals surface area contributed by atoms with E-state index in [9.17, 15) is 4.79 Å². The van der Waals surface area contributed by atoms with Gasteiger partial charge in [0.05, 0.1) is 0 Å². The van der Waals surface area contributed by atoms with E-state index in [2.05, 4.69) is 22.7 Å². The maximum absolute atomic E-state index is 11.8. The second kappa shape index (κ2) is 6.01. The number of rotatable bonds is 3. The molecule has 0 aliphatic carbocycles. The van der Waals surface area contributed by atoms with Gasteiger partial charge in [0.15, 0.2) is 10.9 Å². The van der Waals surface area contributed by atoms with Gasteiger partial charge in [-0.3, -0.25) is 15.6 Å². The molecule has 1 amide bonds. The minimum Gasteiger partial charge on any atom is -0.451 e. The molecule has 19 heavy (non-hydrogen) atoms. The van der Waals surface area contributed by atoms with Crippen molar-refractivity contribution < 1.29 is 9.21 Å². The molecular formula is C13H13N3O2S. The lowest BCUT2D eigenvalue weighted by atomic mass is 10.2. The van der Waals surface area contributed by atoms with Gasteiger partial charge in [-0.1, -0.05) is 24.3 Å². The van der Waals surface area contributed by atoms with Gasteiger partial charge < -0.3 is 9.73 Å². The van der Waals surface area contributed by atoms with E-state index in [-0.39, 0.29) is 11.7 Å². The summed E-state index contributed by atoms with van der Waals surface area (Å²) >= 11 is 4.94. The number of carbonyl (C=O) groups is 1. The van der Waals surface area contributed by atoms with E-state index < -0.39 is 0 Å². The van der Waals surface area contributed by atoms with Crippen LogP contribution in [0.4, 0.5) is 0 Å². The number of furan rings is 1. The van der Waals surface area contributed by atoms with Gasteiger partial charge in [-0.15, -0.1) is 6.58 Å². The van der Waals surface area contributed by atoms with Crippen LogP contribution in [-0.4, -0.2) is 17.6 Å². The van der Waals surface area contributed by atoms with Gasteiger partial charge in [-0.2, -0.15) is 0 Å². The second-order valence-corrected chi connectivity index (χ2v) is 4.13. The molecule has 0 aliphatic heterocycles. The molecule has 0 aliphatic rings. The Balaban J connectivity index is 1.96. The van der Waals surface area contributed by atoms with Crippen LogP contribution >= 0.6 is 12.2 Å². The summed E-state index contributed by atoms with van der Waals surface area (Å²) in [5.41, 5.74) is 5.69. The van der Waals surface area contributed by atoms with Crippen LogP contribution in [0.15, 0.2) is 47.4 Å². The number of carbonyl (C=O) groups excluding carboxylic acids is 1.